The summed E-state index contributed by atoms with van der Waals surface area (Å²) in [6.07, 6.45) is 8.52. The third kappa shape index (κ3) is 5.15. The van der Waals surface area contributed by atoms with Gasteiger partial charge in [0.15, 0.2) is 0 Å². The van der Waals surface area contributed by atoms with Crippen LogP contribution in [0.3, 0.4) is 0 Å². The molecule has 1 aliphatic heterocycles. The molecule has 0 aromatic carbocycles. The average Bonchev–Trinajstić information content (AvgIpc) is 2.28. The summed E-state index contributed by atoms with van der Waals surface area (Å²) in [5.74, 6) is 0. The van der Waals surface area contributed by atoms with Gasteiger partial charge in [-0.2, -0.15) is 0 Å². The van der Waals surface area contributed by atoms with Crippen LogP contribution < -0.4 is 0 Å². The van der Waals surface area contributed by atoms with Crippen LogP contribution in [0.4, 0.5) is 0 Å². The Labute approximate surface area is 87.3 Å². The largest absolute Gasteiger partial charge is 0.303 e. The maximum Gasteiger partial charge on any atom is -0.00187 e. The maximum absolute atomic E-state index is 2.64. The molecular formula is C10H22BrN. The fourth-order valence-electron chi connectivity index (χ4n) is 1.74. The summed E-state index contributed by atoms with van der Waals surface area (Å²) < 4.78 is 0. The van der Waals surface area contributed by atoms with Gasteiger partial charge in [0.1, 0.15) is 0 Å². The first kappa shape index (κ1) is 12.4. The summed E-state index contributed by atoms with van der Waals surface area (Å²) in [5.41, 5.74) is 0. The van der Waals surface area contributed by atoms with Crippen molar-refractivity contribution in [1.29, 1.82) is 0 Å². The van der Waals surface area contributed by atoms with E-state index in [0.29, 0.717) is 0 Å². The second kappa shape index (κ2) is 8.06. The molecule has 1 rings (SSSR count). The standard InChI is InChI=1S/C10H21N.BrH/c1-2-3-8-11-9-6-4-5-7-10-11;/h2-10H2,1H3;1H. The van der Waals surface area contributed by atoms with Crippen LogP contribution in [-0.2, 0) is 0 Å². The van der Waals surface area contributed by atoms with E-state index >= 15 is 0 Å². The molecule has 0 bridgehead atoms. The molecule has 74 valence electrons. The molecule has 2 heteroatoms. The molecule has 0 aromatic heterocycles. The van der Waals surface area contributed by atoms with Gasteiger partial charge in [-0.15, -0.1) is 17.0 Å². The van der Waals surface area contributed by atoms with Crippen molar-refractivity contribution in [3.8, 4) is 0 Å². The van der Waals surface area contributed by atoms with Gasteiger partial charge in [-0.1, -0.05) is 26.2 Å². The monoisotopic (exact) mass is 235 g/mol. The van der Waals surface area contributed by atoms with Crippen LogP contribution in [-0.4, -0.2) is 24.5 Å². The van der Waals surface area contributed by atoms with Crippen molar-refractivity contribution in [3.63, 3.8) is 0 Å². The molecule has 0 amide bonds. The maximum atomic E-state index is 2.64. The lowest BCUT2D eigenvalue weighted by molar-refractivity contribution is 0.280. The second-order valence-corrected chi connectivity index (χ2v) is 3.61. The van der Waals surface area contributed by atoms with Gasteiger partial charge in [0.25, 0.3) is 0 Å². The predicted octanol–water partition coefficient (Wildman–Crippen LogP) is 3.24. The highest BCUT2D eigenvalue weighted by molar-refractivity contribution is 8.93. The van der Waals surface area contributed by atoms with Gasteiger partial charge in [0.05, 0.1) is 0 Å². The van der Waals surface area contributed by atoms with Gasteiger partial charge in [-0.25, -0.2) is 0 Å². The Morgan fingerprint density at radius 3 is 2.08 bits per heavy atom. The van der Waals surface area contributed by atoms with Gasteiger partial charge < -0.3 is 4.90 Å². The molecule has 0 saturated carbocycles. The van der Waals surface area contributed by atoms with Crippen molar-refractivity contribution in [2.75, 3.05) is 19.6 Å². The predicted molar refractivity (Wildman–Crippen MR) is 60.1 cm³/mol. The summed E-state index contributed by atoms with van der Waals surface area (Å²) in [6, 6.07) is 0. The molecule has 12 heavy (non-hydrogen) atoms. The summed E-state index contributed by atoms with van der Waals surface area (Å²) >= 11 is 0. The number of likely N-dealkylation sites (tertiary alicyclic amines) is 1. The molecule has 0 N–H and O–H groups in total. The van der Waals surface area contributed by atoms with Crippen molar-refractivity contribution in [2.24, 2.45) is 0 Å². The summed E-state index contributed by atoms with van der Waals surface area (Å²) in [4.78, 5) is 2.64. The van der Waals surface area contributed by atoms with Gasteiger partial charge in [0.2, 0.25) is 0 Å². The van der Waals surface area contributed by atoms with E-state index in [1.54, 1.807) is 0 Å². The van der Waals surface area contributed by atoms with Crippen LogP contribution in [0.5, 0.6) is 0 Å². The van der Waals surface area contributed by atoms with E-state index in [2.05, 4.69) is 11.8 Å². The Hall–Kier alpha value is 0.440. The van der Waals surface area contributed by atoms with Crippen molar-refractivity contribution < 1.29 is 0 Å². The SMILES string of the molecule is Br.CCCCN1CCCCCC1. The van der Waals surface area contributed by atoms with E-state index in [0.717, 1.165) is 0 Å². The minimum atomic E-state index is 0. The van der Waals surface area contributed by atoms with Crippen molar-refractivity contribution >= 4 is 17.0 Å². The molecule has 0 radical (unpaired) electrons. The Bertz CT molecular complexity index is 87.8. The Balaban J connectivity index is 0.00000121. The van der Waals surface area contributed by atoms with Crippen LogP contribution in [0.1, 0.15) is 45.4 Å². The Morgan fingerprint density at radius 2 is 1.58 bits per heavy atom. The number of unbranched alkanes of at least 4 members (excludes halogenated alkanes) is 1. The molecule has 1 aliphatic rings. The first-order valence-corrected chi connectivity index (χ1v) is 5.16. The highest BCUT2D eigenvalue weighted by Crippen LogP contribution is 2.09. The van der Waals surface area contributed by atoms with Crippen molar-refractivity contribution in [3.05, 3.63) is 0 Å². The van der Waals surface area contributed by atoms with Crippen LogP contribution >= 0.6 is 17.0 Å². The van der Waals surface area contributed by atoms with Gasteiger partial charge in [0, 0.05) is 0 Å². The Morgan fingerprint density at radius 1 is 1.00 bits per heavy atom. The van der Waals surface area contributed by atoms with Crippen LogP contribution in [0.25, 0.3) is 0 Å². The topological polar surface area (TPSA) is 3.24 Å². The number of hydrogen-bond acceptors (Lipinski definition) is 1. The fraction of sp³-hybridized carbons (Fsp3) is 1.00. The zero-order valence-corrected chi connectivity index (χ0v) is 9.93. The first-order valence-electron chi connectivity index (χ1n) is 5.16. The van der Waals surface area contributed by atoms with E-state index in [4.69, 9.17) is 0 Å². The molecule has 1 fully saturated rings. The lowest BCUT2D eigenvalue weighted by atomic mass is 10.2. The second-order valence-electron chi connectivity index (χ2n) is 3.61. The smallest absolute Gasteiger partial charge is 0.00187 e. The summed E-state index contributed by atoms with van der Waals surface area (Å²) in [6.45, 7) is 6.34. The molecule has 0 spiro atoms. The Kier molecular flexibility index (Phi) is 8.35. The normalized spacial score (nSPS) is 19.8. The third-order valence-corrected chi connectivity index (χ3v) is 2.53. The van der Waals surface area contributed by atoms with Gasteiger partial charge in [-0.05, 0) is 38.9 Å². The quantitative estimate of drug-likeness (QED) is 0.727. The molecule has 1 saturated heterocycles. The molecule has 0 aliphatic carbocycles. The lowest BCUT2D eigenvalue weighted by Crippen LogP contribution is -2.25. The van der Waals surface area contributed by atoms with Gasteiger partial charge >= 0.3 is 0 Å². The third-order valence-electron chi connectivity index (χ3n) is 2.53. The highest BCUT2D eigenvalue weighted by Gasteiger charge is 2.06. The van der Waals surface area contributed by atoms with E-state index in [1.165, 1.54) is 58.2 Å². The zero-order valence-electron chi connectivity index (χ0n) is 8.22. The van der Waals surface area contributed by atoms with Crippen molar-refractivity contribution in [2.45, 2.75) is 45.4 Å². The number of halogens is 1. The molecule has 0 atom stereocenters. The first-order chi connectivity index (χ1) is 5.43. The summed E-state index contributed by atoms with van der Waals surface area (Å²) in [5, 5.41) is 0. The van der Waals surface area contributed by atoms with Crippen LogP contribution in [0.2, 0.25) is 0 Å². The van der Waals surface area contributed by atoms with Crippen LogP contribution in [0, 0.1) is 0 Å². The fourth-order valence-corrected chi connectivity index (χ4v) is 1.74. The minimum Gasteiger partial charge on any atom is -0.303 e. The molecule has 1 nitrogen and oxygen atoms in total. The van der Waals surface area contributed by atoms with E-state index in [-0.39, 0.29) is 17.0 Å². The molecular weight excluding hydrogens is 214 g/mol. The molecule has 0 aromatic rings. The highest BCUT2D eigenvalue weighted by atomic mass is 79.9. The average molecular weight is 236 g/mol. The van der Waals surface area contributed by atoms with E-state index in [1.807, 2.05) is 0 Å². The van der Waals surface area contributed by atoms with Gasteiger partial charge in [-0.3, -0.25) is 0 Å². The molecule has 0 unspecified atom stereocenters. The number of hydrogen-bond donors (Lipinski definition) is 0. The number of nitrogens with zero attached hydrogens (tertiary/aromatic N) is 1. The van der Waals surface area contributed by atoms with Crippen LogP contribution in [0.15, 0.2) is 0 Å². The molecule has 1 heterocycles. The summed E-state index contributed by atoms with van der Waals surface area (Å²) in [7, 11) is 0. The number of rotatable bonds is 3. The minimum absolute atomic E-state index is 0. The van der Waals surface area contributed by atoms with Crippen molar-refractivity contribution in [1.82, 2.24) is 4.90 Å². The van der Waals surface area contributed by atoms with E-state index in [9.17, 15) is 0 Å². The lowest BCUT2D eigenvalue weighted by Gasteiger charge is -2.18. The van der Waals surface area contributed by atoms with E-state index < -0.39 is 0 Å². The zero-order chi connectivity index (χ0) is 7.94.